The highest BCUT2D eigenvalue weighted by Gasteiger charge is 2.12. The number of aromatic nitrogens is 2. The van der Waals surface area contributed by atoms with Gasteiger partial charge in [-0.1, -0.05) is 23.4 Å². The summed E-state index contributed by atoms with van der Waals surface area (Å²) in [4.78, 5) is 16.2. The van der Waals surface area contributed by atoms with Gasteiger partial charge >= 0.3 is 0 Å². The Hall–Kier alpha value is -2.69. The molecular formula is C15H13N3O2. The molecule has 0 saturated heterocycles. The van der Waals surface area contributed by atoms with Gasteiger partial charge in [0.1, 0.15) is 11.5 Å². The second-order valence-corrected chi connectivity index (χ2v) is 4.51. The van der Waals surface area contributed by atoms with Crippen molar-refractivity contribution < 1.29 is 9.32 Å². The molecule has 0 aliphatic carbocycles. The van der Waals surface area contributed by atoms with Crippen LogP contribution in [0.3, 0.4) is 0 Å². The molecule has 0 bridgehead atoms. The molecule has 1 N–H and O–H groups in total. The Morgan fingerprint density at radius 3 is 2.90 bits per heavy atom. The number of carbonyl (C=O) groups excluding carboxylic acids is 1. The van der Waals surface area contributed by atoms with E-state index in [1.807, 2.05) is 43.3 Å². The summed E-state index contributed by atoms with van der Waals surface area (Å²) in [5, 5.41) is 7.55. The minimum atomic E-state index is -0.165. The number of nitrogens with one attached hydrogen (secondary N) is 1. The Morgan fingerprint density at radius 2 is 2.05 bits per heavy atom. The van der Waals surface area contributed by atoms with Crippen molar-refractivity contribution in [3.8, 4) is 0 Å². The molecule has 5 nitrogen and oxygen atoms in total. The van der Waals surface area contributed by atoms with E-state index in [1.165, 1.54) is 0 Å². The molecule has 0 aliphatic rings. The molecule has 0 saturated carbocycles. The SMILES string of the molecule is Cc1cccc(NC(=O)Cc2noc3ccccc23)n1. The molecular weight excluding hydrogens is 254 g/mol. The van der Waals surface area contributed by atoms with E-state index >= 15 is 0 Å². The molecule has 5 heteroatoms. The lowest BCUT2D eigenvalue weighted by atomic mass is 10.1. The molecule has 100 valence electrons. The van der Waals surface area contributed by atoms with E-state index in [9.17, 15) is 4.79 Å². The number of para-hydroxylation sites is 1. The van der Waals surface area contributed by atoms with Gasteiger partial charge in [-0.05, 0) is 31.2 Å². The smallest absolute Gasteiger partial charge is 0.231 e. The summed E-state index contributed by atoms with van der Waals surface area (Å²) >= 11 is 0. The summed E-state index contributed by atoms with van der Waals surface area (Å²) in [6.45, 7) is 1.88. The molecule has 0 spiro atoms. The van der Waals surface area contributed by atoms with Gasteiger partial charge < -0.3 is 9.84 Å². The number of fused-ring (bicyclic) bond motifs is 1. The van der Waals surface area contributed by atoms with E-state index in [0.717, 1.165) is 11.1 Å². The van der Waals surface area contributed by atoms with Crippen molar-refractivity contribution >= 4 is 22.7 Å². The average molecular weight is 267 g/mol. The maximum absolute atomic E-state index is 12.0. The van der Waals surface area contributed by atoms with Crippen LogP contribution in [-0.4, -0.2) is 16.0 Å². The van der Waals surface area contributed by atoms with E-state index in [-0.39, 0.29) is 12.3 Å². The van der Waals surface area contributed by atoms with Gasteiger partial charge in [-0.25, -0.2) is 4.98 Å². The molecule has 3 aromatic rings. The number of nitrogens with zero attached hydrogens (tertiary/aromatic N) is 2. The molecule has 2 heterocycles. The Kier molecular flexibility index (Phi) is 3.16. The third-order valence-electron chi connectivity index (χ3n) is 2.94. The van der Waals surface area contributed by atoms with Gasteiger partial charge in [0.05, 0.1) is 6.42 Å². The first-order valence-corrected chi connectivity index (χ1v) is 6.29. The summed E-state index contributed by atoms with van der Waals surface area (Å²) in [6, 6.07) is 13.0. The Bertz CT molecular complexity index is 764. The number of rotatable bonds is 3. The first-order valence-electron chi connectivity index (χ1n) is 6.29. The van der Waals surface area contributed by atoms with E-state index in [1.54, 1.807) is 6.07 Å². The third kappa shape index (κ3) is 2.51. The van der Waals surface area contributed by atoms with Crippen molar-refractivity contribution in [3.05, 3.63) is 53.9 Å². The van der Waals surface area contributed by atoms with Gasteiger partial charge in [0.2, 0.25) is 5.91 Å². The van der Waals surface area contributed by atoms with Crippen molar-refractivity contribution in [2.24, 2.45) is 0 Å². The van der Waals surface area contributed by atoms with Crippen LogP contribution >= 0.6 is 0 Å². The van der Waals surface area contributed by atoms with Gasteiger partial charge in [-0.15, -0.1) is 0 Å². The summed E-state index contributed by atoms with van der Waals surface area (Å²) in [5.74, 6) is 0.380. The summed E-state index contributed by atoms with van der Waals surface area (Å²) in [6.07, 6.45) is 0.159. The van der Waals surface area contributed by atoms with Crippen molar-refractivity contribution in [3.63, 3.8) is 0 Å². The van der Waals surface area contributed by atoms with Crippen LogP contribution in [0.1, 0.15) is 11.4 Å². The quantitative estimate of drug-likeness (QED) is 0.792. The molecule has 1 amide bonds. The van der Waals surface area contributed by atoms with Crippen molar-refractivity contribution in [1.29, 1.82) is 0 Å². The Labute approximate surface area is 115 Å². The van der Waals surface area contributed by atoms with Gasteiger partial charge in [0, 0.05) is 11.1 Å². The van der Waals surface area contributed by atoms with Gasteiger partial charge in [0.15, 0.2) is 5.58 Å². The third-order valence-corrected chi connectivity index (χ3v) is 2.94. The van der Waals surface area contributed by atoms with E-state index in [4.69, 9.17) is 4.52 Å². The molecule has 0 aliphatic heterocycles. The maximum atomic E-state index is 12.0. The summed E-state index contributed by atoms with van der Waals surface area (Å²) in [5.41, 5.74) is 2.17. The fraction of sp³-hybridized carbons (Fsp3) is 0.133. The highest BCUT2D eigenvalue weighted by Crippen LogP contribution is 2.18. The first kappa shape index (κ1) is 12.3. The van der Waals surface area contributed by atoms with Crippen molar-refractivity contribution in [1.82, 2.24) is 10.1 Å². The number of benzene rings is 1. The number of anilines is 1. The zero-order valence-electron chi connectivity index (χ0n) is 11.0. The predicted octanol–water partition coefficient (Wildman–Crippen LogP) is 2.71. The molecule has 20 heavy (non-hydrogen) atoms. The average Bonchev–Trinajstić information content (AvgIpc) is 2.82. The van der Waals surface area contributed by atoms with Crippen LogP contribution in [0.4, 0.5) is 5.82 Å². The molecule has 1 aromatic carbocycles. The van der Waals surface area contributed by atoms with E-state index in [0.29, 0.717) is 17.1 Å². The fourth-order valence-electron chi connectivity index (χ4n) is 2.02. The molecule has 3 rings (SSSR count). The standard InChI is InChI=1S/C15H13N3O2/c1-10-5-4-8-14(16-10)17-15(19)9-12-11-6-2-3-7-13(11)20-18-12/h2-8H,9H2,1H3,(H,16,17,19). The van der Waals surface area contributed by atoms with E-state index in [2.05, 4.69) is 15.5 Å². The number of carbonyl (C=O) groups is 1. The summed E-state index contributed by atoms with van der Waals surface area (Å²) in [7, 11) is 0. The van der Waals surface area contributed by atoms with Crippen LogP contribution in [0.5, 0.6) is 0 Å². The van der Waals surface area contributed by atoms with Crippen LogP contribution in [0.25, 0.3) is 11.0 Å². The zero-order valence-corrected chi connectivity index (χ0v) is 11.0. The summed E-state index contributed by atoms with van der Waals surface area (Å²) < 4.78 is 5.17. The highest BCUT2D eigenvalue weighted by atomic mass is 16.5. The minimum Gasteiger partial charge on any atom is -0.356 e. The van der Waals surface area contributed by atoms with Gasteiger partial charge in [-0.3, -0.25) is 4.79 Å². The van der Waals surface area contributed by atoms with Crippen LogP contribution in [-0.2, 0) is 11.2 Å². The number of hydrogen-bond donors (Lipinski definition) is 1. The van der Waals surface area contributed by atoms with Crippen molar-refractivity contribution in [2.75, 3.05) is 5.32 Å². The number of amides is 1. The molecule has 0 atom stereocenters. The van der Waals surface area contributed by atoms with Crippen LogP contribution in [0.15, 0.2) is 47.0 Å². The Morgan fingerprint density at radius 1 is 1.20 bits per heavy atom. The lowest BCUT2D eigenvalue weighted by Gasteiger charge is -2.03. The molecule has 0 radical (unpaired) electrons. The van der Waals surface area contributed by atoms with Crippen molar-refractivity contribution in [2.45, 2.75) is 13.3 Å². The largest absolute Gasteiger partial charge is 0.356 e. The fourth-order valence-corrected chi connectivity index (χ4v) is 2.02. The second-order valence-electron chi connectivity index (χ2n) is 4.51. The number of hydrogen-bond acceptors (Lipinski definition) is 4. The highest BCUT2D eigenvalue weighted by molar-refractivity contribution is 5.93. The molecule has 2 aromatic heterocycles. The zero-order chi connectivity index (χ0) is 13.9. The van der Waals surface area contributed by atoms with E-state index < -0.39 is 0 Å². The molecule has 0 unspecified atom stereocenters. The van der Waals surface area contributed by atoms with Crippen LogP contribution in [0, 0.1) is 6.92 Å². The monoisotopic (exact) mass is 267 g/mol. The minimum absolute atomic E-state index is 0.159. The predicted molar refractivity (Wildman–Crippen MR) is 75.3 cm³/mol. The van der Waals surface area contributed by atoms with Gasteiger partial charge in [0.25, 0.3) is 0 Å². The maximum Gasteiger partial charge on any atom is 0.231 e. The number of aryl methyl sites for hydroxylation is 1. The lowest BCUT2D eigenvalue weighted by molar-refractivity contribution is -0.115. The first-order chi connectivity index (χ1) is 9.72. The second kappa shape index (κ2) is 5.13. The van der Waals surface area contributed by atoms with Gasteiger partial charge in [-0.2, -0.15) is 0 Å². The molecule has 0 fully saturated rings. The Balaban J connectivity index is 1.76. The van der Waals surface area contributed by atoms with Crippen LogP contribution < -0.4 is 5.32 Å². The normalized spacial score (nSPS) is 10.7. The number of pyridine rings is 1. The topological polar surface area (TPSA) is 68.0 Å². The van der Waals surface area contributed by atoms with Crippen LogP contribution in [0.2, 0.25) is 0 Å². The lowest BCUT2D eigenvalue weighted by Crippen LogP contribution is -2.15.